The summed E-state index contributed by atoms with van der Waals surface area (Å²) in [5, 5.41) is 0. The number of hydrogen-bond acceptors (Lipinski definition) is 8. The van der Waals surface area contributed by atoms with E-state index in [1.165, 1.54) is 13.8 Å². The summed E-state index contributed by atoms with van der Waals surface area (Å²) in [6.07, 6.45) is -0.165. The van der Waals surface area contributed by atoms with E-state index >= 15 is 0 Å². The zero-order valence-electron chi connectivity index (χ0n) is 21.5. The third-order valence-electron chi connectivity index (χ3n) is 5.86. The van der Waals surface area contributed by atoms with Crippen LogP contribution >= 0.6 is 0 Å². The lowest BCUT2D eigenvalue weighted by Crippen LogP contribution is -2.17. The van der Waals surface area contributed by atoms with Crippen molar-refractivity contribution in [3.63, 3.8) is 0 Å². The van der Waals surface area contributed by atoms with Crippen molar-refractivity contribution in [1.29, 1.82) is 0 Å². The first-order valence-corrected chi connectivity index (χ1v) is 11.8. The number of esters is 4. The predicted molar refractivity (Wildman–Crippen MR) is 136 cm³/mol. The van der Waals surface area contributed by atoms with Crippen LogP contribution in [0.2, 0.25) is 0 Å². The minimum atomic E-state index is -0.555. The Kier molecular flexibility index (Phi) is 8.32. The third-order valence-corrected chi connectivity index (χ3v) is 5.86. The average molecular weight is 507 g/mol. The SMILES string of the molecule is C=C(C)C(=O)OCCC(=O)Oc1ccc2c(c1)C(C)(C)c1cc(OC(=O)CCOC(=O)C(=C)C)ccc1-2. The fraction of sp³-hybridized carbons (Fsp3) is 0.310. The van der Waals surface area contributed by atoms with Gasteiger partial charge in [-0.25, -0.2) is 9.59 Å². The standard InChI is InChI=1S/C29H30O8/c1-17(2)27(32)34-13-11-25(30)36-19-7-9-21-22-10-8-20(16-24(22)29(5,6)23(21)15-19)37-26(31)12-14-35-28(33)18(3)4/h7-10,15-16H,1,3,11-14H2,2,4-6H3. The van der Waals surface area contributed by atoms with Crippen LogP contribution in [0.1, 0.15) is 51.7 Å². The van der Waals surface area contributed by atoms with Crippen molar-refractivity contribution in [3.05, 3.63) is 71.8 Å². The van der Waals surface area contributed by atoms with E-state index in [-0.39, 0.29) is 37.2 Å². The maximum absolute atomic E-state index is 12.2. The summed E-state index contributed by atoms with van der Waals surface area (Å²) in [4.78, 5) is 47.3. The lowest BCUT2D eigenvalue weighted by molar-refractivity contribution is -0.144. The Bertz CT molecular complexity index is 1190. The highest BCUT2D eigenvalue weighted by molar-refractivity contribution is 5.88. The van der Waals surface area contributed by atoms with Gasteiger partial charge in [-0.1, -0.05) is 39.1 Å². The van der Waals surface area contributed by atoms with Crippen LogP contribution in [-0.2, 0) is 34.1 Å². The van der Waals surface area contributed by atoms with Gasteiger partial charge in [0, 0.05) is 16.6 Å². The molecule has 0 spiro atoms. The summed E-state index contributed by atoms with van der Waals surface area (Å²) in [5.74, 6) is -1.39. The maximum Gasteiger partial charge on any atom is 0.333 e. The Balaban J connectivity index is 1.66. The number of fused-ring (bicyclic) bond motifs is 3. The molecular weight excluding hydrogens is 476 g/mol. The highest BCUT2D eigenvalue weighted by atomic mass is 16.6. The lowest BCUT2D eigenvalue weighted by atomic mass is 9.82. The van der Waals surface area contributed by atoms with E-state index in [1.54, 1.807) is 12.1 Å². The van der Waals surface area contributed by atoms with E-state index in [0.29, 0.717) is 11.5 Å². The second-order valence-electron chi connectivity index (χ2n) is 9.32. The van der Waals surface area contributed by atoms with E-state index in [9.17, 15) is 19.2 Å². The first-order valence-electron chi connectivity index (χ1n) is 11.8. The molecule has 0 heterocycles. The van der Waals surface area contributed by atoms with Crippen molar-refractivity contribution in [2.75, 3.05) is 13.2 Å². The number of benzene rings is 2. The zero-order chi connectivity index (χ0) is 27.3. The molecule has 0 aliphatic heterocycles. The average Bonchev–Trinajstić information content (AvgIpc) is 3.04. The summed E-state index contributed by atoms with van der Waals surface area (Å²) in [7, 11) is 0. The Hall–Kier alpha value is -4.20. The Morgan fingerprint density at radius 3 is 1.43 bits per heavy atom. The molecule has 1 aliphatic rings. The molecule has 0 atom stereocenters. The molecule has 0 aromatic heterocycles. The van der Waals surface area contributed by atoms with Crippen LogP contribution < -0.4 is 9.47 Å². The smallest absolute Gasteiger partial charge is 0.333 e. The van der Waals surface area contributed by atoms with E-state index in [4.69, 9.17) is 18.9 Å². The Labute approximate surface area is 215 Å². The molecule has 0 N–H and O–H groups in total. The molecule has 2 aromatic rings. The molecule has 0 radical (unpaired) electrons. The first-order chi connectivity index (χ1) is 17.4. The lowest BCUT2D eigenvalue weighted by Gasteiger charge is -2.22. The molecule has 2 aromatic carbocycles. The zero-order valence-corrected chi connectivity index (χ0v) is 21.5. The van der Waals surface area contributed by atoms with Crippen LogP contribution in [0, 0.1) is 0 Å². The maximum atomic E-state index is 12.2. The van der Waals surface area contributed by atoms with Gasteiger partial charge in [0.15, 0.2) is 0 Å². The van der Waals surface area contributed by atoms with Gasteiger partial charge in [0.25, 0.3) is 0 Å². The van der Waals surface area contributed by atoms with E-state index < -0.39 is 29.3 Å². The van der Waals surface area contributed by atoms with E-state index in [2.05, 4.69) is 13.2 Å². The van der Waals surface area contributed by atoms with Gasteiger partial charge in [-0.15, -0.1) is 0 Å². The second kappa shape index (κ2) is 11.2. The number of rotatable bonds is 10. The molecule has 0 bridgehead atoms. The highest BCUT2D eigenvalue weighted by Crippen LogP contribution is 2.50. The first kappa shape index (κ1) is 27.4. The fourth-order valence-electron chi connectivity index (χ4n) is 3.89. The topological polar surface area (TPSA) is 105 Å². The third kappa shape index (κ3) is 6.52. The molecule has 0 saturated carbocycles. The predicted octanol–water partition coefficient (Wildman–Crippen LogP) is 4.82. The van der Waals surface area contributed by atoms with Crippen molar-refractivity contribution in [2.24, 2.45) is 0 Å². The Morgan fingerprint density at radius 1 is 0.703 bits per heavy atom. The molecule has 8 nitrogen and oxygen atoms in total. The highest BCUT2D eigenvalue weighted by Gasteiger charge is 2.36. The van der Waals surface area contributed by atoms with Crippen LogP contribution in [0.25, 0.3) is 11.1 Å². The van der Waals surface area contributed by atoms with Gasteiger partial charge >= 0.3 is 23.9 Å². The summed E-state index contributed by atoms with van der Waals surface area (Å²) >= 11 is 0. The molecule has 3 rings (SSSR count). The van der Waals surface area contributed by atoms with Crippen LogP contribution in [0.4, 0.5) is 0 Å². The molecule has 0 unspecified atom stereocenters. The monoisotopic (exact) mass is 506 g/mol. The number of ether oxygens (including phenoxy) is 4. The molecule has 1 aliphatic carbocycles. The van der Waals surface area contributed by atoms with Gasteiger partial charge in [0.2, 0.25) is 0 Å². The summed E-state index contributed by atoms with van der Waals surface area (Å²) < 4.78 is 20.8. The molecule has 0 saturated heterocycles. The van der Waals surface area contributed by atoms with Crippen molar-refractivity contribution < 1.29 is 38.1 Å². The largest absolute Gasteiger partial charge is 0.462 e. The normalized spacial score (nSPS) is 12.5. The van der Waals surface area contributed by atoms with Gasteiger partial charge in [-0.2, -0.15) is 0 Å². The van der Waals surface area contributed by atoms with Gasteiger partial charge in [0.1, 0.15) is 24.7 Å². The van der Waals surface area contributed by atoms with Crippen LogP contribution in [0.3, 0.4) is 0 Å². The summed E-state index contributed by atoms with van der Waals surface area (Å²) in [5.41, 5.74) is 3.95. The van der Waals surface area contributed by atoms with Crippen molar-refractivity contribution >= 4 is 23.9 Å². The van der Waals surface area contributed by atoms with Gasteiger partial charge in [0.05, 0.1) is 12.8 Å². The van der Waals surface area contributed by atoms with Crippen LogP contribution in [0.5, 0.6) is 11.5 Å². The van der Waals surface area contributed by atoms with Crippen molar-refractivity contribution in [3.8, 4) is 22.6 Å². The van der Waals surface area contributed by atoms with E-state index in [0.717, 1.165) is 22.3 Å². The summed E-state index contributed by atoms with van der Waals surface area (Å²) in [6.45, 7) is 13.9. The van der Waals surface area contributed by atoms with Gasteiger partial charge in [-0.3, -0.25) is 9.59 Å². The number of hydrogen-bond donors (Lipinski definition) is 0. The minimum absolute atomic E-state index is 0.0825. The van der Waals surface area contributed by atoms with Gasteiger partial charge < -0.3 is 18.9 Å². The fourth-order valence-corrected chi connectivity index (χ4v) is 3.89. The molecule has 0 fully saturated rings. The van der Waals surface area contributed by atoms with Gasteiger partial charge in [-0.05, 0) is 60.4 Å². The minimum Gasteiger partial charge on any atom is -0.462 e. The number of carbonyl (C=O) groups excluding carboxylic acids is 4. The molecule has 37 heavy (non-hydrogen) atoms. The molecule has 8 heteroatoms. The van der Waals surface area contributed by atoms with Crippen molar-refractivity contribution in [2.45, 2.75) is 46.0 Å². The quantitative estimate of drug-likeness (QED) is 0.257. The van der Waals surface area contributed by atoms with Crippen LogP contribution in [0.15, 0.2) is 60.7 Å². The second-order valence-corrected chi connectivity index (χ2v) is 9.32. The molecular formula is C29H30O8. The van der Waals surface area contributed by atoms with Crippen molar-refractivity contribution in [1.82, 2.24) is 0 Å². The van der Waals surface area contributed by atoms with Crippen LogP contribution in [-0.4, -0.2) is 37.1 Å². The number of carbonyl (C=O) groups is 4. The summed E-state index contributed by atoms with van der Waals surface area (Å²) in [6, 6.07) is 10.8. The molecule has 194 valence electrons. The Morgan fingerprint density at radius 2 is 1.08 bits per heavy atom. The van der Waals surface area contributed by atoms with E-state index in [1.807, 2.05) is 38.1 Å². The molecule has 0 amide bonds.